The Morgan fingerprint density at radius 3 is 2.65 bits per heavy atom. The summed E-state index contributed by atoms with van der Waals surface area (Å²) in [6.45, 7) is 5.25. The number of fused-ring (bicyclic) bond motifs is 1. The molecule has 1 aliphatic heterocycles. The molecular weight excluding hydrogens is 579 g/mol. The number of nitrogens with two attached hydrogens (primary N) is 1. The van der Waals surface area contributed by atoms with Crippen LogP contribution in [0.2, 0.25) is 0 Å². The highest BCUT2D eigenvalue weighted by Gasteiger charge is 2.56. The topological polar surface area (TPSA) is 192 Å². The van der Waals surface area contributed by atoms with Crippen molar-refractivity contribution in [3.63, 3.8) is 0 Å². The number of ether oxygens (including phenoxy) is 2. The molecule has 5 N–H and O–H groups in total. The Hall–Kier alpha value is -3.39. The van der Waals surface area contributed by atoms with E-state index in [9.17, 15) is 19.6 Å². The highest BCUT2D eigenvalue weighted by Crippen LogP contribution is 2.47. The van der Waals surface area contributed by atoms with Crippen molar-refractivity contribution in [2.75, 3.05) is 26.0 Å². The van der Waals surface area contributed by atoms with Crippen LogP contribution in [0.4, 0.5) is 5.82 Å². The first-order valence-electron chi connectivity index (χ1n) is 14.1. The second-order valence-corrected chi connectivity index (χ2v) is 12.0. The zero-order valence-corrected chi connectivity index (χ0v) is 25.5. The molecule has 0 saturated carbocycles. The van der Waals surface area contributed by atoms with E-state index in [-0.39, 0.29) is 24.1 Å². The number of carbonyl (C=O) groups is 1. The van der Waals surface area contributed by atoms with Gasteiger partial charge in [-0.05, 0) is 37.1 Å². The molecule has 0 spiro atoms. The average Bonchev–Trinajstić information content (AvgIpc) is 3.54. The van der Waals surface area contributed by atoms with Crippen molar-refractivity contribution in [2.24, 2.45) is 10.9 Å². The molecule has 4 rings (SSSR count). The molecule has 0 radical (unpaired) electrons. The van der Waals surface area contributed by atoms with Gasteiger partial charge < -0.3 is 29.9 Å². The molecule has 3 heterocycles. The number of carbonyl (C=O) groups excluding carboxylic acids is 1. The monoisotopic (exact) mass is 618 g/mol. The molecule has 43 heavy (non-hydrogen) atoms. The van der Waals surface area contributed by atoms with E-state index in [0.29, 0.717) is 11.2 Å². The minimum absolute atomic E-state index is 0.204. The summed E-state index contributed by atoms with van der Waals surface area (Å²) >= 11 is 0. The van der Waals surface area contributed by atoms with Crippen LogP contribution in [-0.2, 0) is 29.0 Å². The lowest BCUT2D eigenvalue weighted by atomic mass is 9.92. The van der Waals surface area contributed by atoms with Gasteiger partial charge >= 0.3 is 13.7 Å². The number of aliphatic hydroxyl groups excluding tert-OH is 2. The maximum absolute atomic E-state index is 14.0. The maximum atomic E-state index is 14.0. The van der Waals surface area contributed by atoms with E-state index in [0.717, 1.165) is 12.8 Å². The van der Waals surface area contributed by atoms with Crippen LogP contribution in [0.3, 0.4) is 0 Å². The number of nitrogen functional groups attached to an aromatic ring is 1. The number of rotatable bonds is 14. The van der Waals surface area contributed by atoms with Crippen LogP contribution in [0, 0.1) is 5.92 Å². The first kappa shape index (κ1) is 32.5. The van der Waals surface area contributed by atoms with E-state index in [1.165, 1.54) is 31.0 Å². The summed E-state index contributed by atoms with van der Waals surface area (Å²) in [7, 11) is -2.78. The molecule has 0 bridgehead atoms. The Bertz CT molecular complexity index is 1450. The van der Waals surface area contributed by atoms with Crippen LogP contribution in [0.1, 0.15) is 39.3 Å². The van der Waals surface area contributed by atoms with Crippen LogP contribution in [0.25, 0.3) is 5.52 Å². The Balaban J connectivity index is 1.56. The predicted molar refractivity (Wildman–Crippen MR) is 159 cm³/mol. The van der Waals surface area contributed by atoms with Crippen molar-refractivity contribution in [1.82, 2.24) is 19.7 Å². The third kappa shape index (κ3) is 7.06. The molecular formula is C28H39N6O8P. The number of hydrogen-bond donors (Lipinski definition) is 4. The standard InChI is InChI=1S/C28H39N6O8P/c1-5-19(6-2)14-39-27(37)18(3)33-43(38,42-20-10-8-7-9-11-20)40-15-22-24(35)25(36)28(41-22,16-30-4)23-13-12-21-26(29)31-17-32-34(21)23/h7-13,16-19,22,24-25,35-36H,5-6,14-15H2,1-4H3,(H,33,38)(H2,29,31,32)/t18-,22+,24+,25+,28-,43-/m0/s1. The highest BCUT2D eigenvalue weighted by atomic mass is 31.2. The lowest BCUT2D eigenvalue weighted by Gasteiger charge is -2.28. The lowest BCUT2D eigenvalue weighted by Crippen LogP contribution is -2.43. The molecule has 0 aliphatic carbocycles. The smallest absolute Gasteiger partial charge is 0.459 e. The van der Waals surface area contributed by atoms with E-state index in [2.05, 4.69) is 20.2 Å². The van der Waals surface area contributed by atoms with Gasteiger partial charge in [-0.15, -0.1) is 0 Å². The third-order valence-electron chi connectivity index (χ3n) is 7.39. The quantitative estimate of drug-likeness (QED) is 0.117. The molecule has 1 saturated heterocycles. The van der Waals surface area contributed by atoms with E-state index >= 15 is 0 Å². The van der Waals surface area contributed by atoms with Gasteiger partial charge in [0.2, 0.25) is 0 Å². The van der Waals surface area contributed by atoms with Crippen molar-refractivity contribution in [3.05, 3.63) is 54.5 Å². The fourth-order valence-electron chi connectivity index (χ4n) is 4.83. The molecule has 234 valence electrons. The normalized spacial score (nSPS) is 24.4. The highest BCUT2D eigenvalue weighted by molar-refractivity contribution is 7.52. The number of esters is 1. The summed E-state index contributed by atoms with van der Waals surface area (Å²) in [5, 5.41) is 29.2. The fraction of sp³-hybridized carbons (Fsp3) is 0.500. The number of nitrogens with one attached hydrogen (secondary N) is 1. The molecule has 6 atom stereocenters. The largest absolute Gasteiger partial charge is 0.464 e. The molecule has 1 aromatic carbocycles. The first-order chi connectivity index (χ1) is 20.6. The fourth-order valence-corrected chi connectivity index (χ4v) is 6.33. The van der Waals surface area contributed by atoms with Crippen molar-refractivity contribution in [1.29, 1.82) is 0 Å². The van der Waals surface area contributed by atoms with Gasteiger partial charge in [-0.25, -0.2) is 14.1 Å². The van der Waals surface area contributed by atoms with Gasteiger partial charge in [0, 0.05) is 13.3 Å². The van der Waals surface area contributed by atoms with Gasteiger partial charge in [0.15, 0.2) is 11.4 Å². The van der Waals surface area contributed by atoms with E-state index in [1.54, 1.807) is 42.5 Å². The van der Waals surface area contributed by atoms with Crippen LogP contribution in [-0.4, -0.2) is 81.6 Å². The Morgan fingerprint density at radius 1 is 1.26 bits per heavy atom. The summed E-state index contributed by atoms with van der Waals surface area (Å²) in [6.07, 6.45) is 0.0605. The summed E-state index contributed by atoms with van der Waals surface area (Å²) in [5.74, 6) is 0.00267. The molecule has 0 amide bonds. The average molecular weight is 619 g/mol. The molecule has 2 aromatic heterocycles. The zero-order valence-electron chi connectivity index (χ0n) is 24.6. The third-order valence-corrected chi connectivity index (χ3v) is 9.04. The van der Waals surface area contributed by atoms with Crippen molar-refractivity contribution >= 4 is 31.3 Å². The van der Waals surface area contributed by atoms with E-state index in [4.69, 9.17) is 24.3 Å². The minimum Gasteiger partial charge on any atom is -0.464 e. The Morgan fingerprint density at radius 2 is 1.98 bits per heavy atom. The number of anilines is 1. The van der Waals surface area contributed by atoms with Crippen LogP contribution in [0.5, 0.6) is 5.75 Å². The lowest BCUT2D eigenvalue weighted by molar-refractivity contribution is -0.146. The number of nitrogens with zero attached hydrogens (tertiary/aromatic N) is 4. The summed E-state index contributed by atoms with van der Waals surface area (Å²) in [5.41, 5.74) is 5.10. The number of aliphatic hydroxyl groups is 2. The summed E-state index contributed by atoms with van der Waals surface area (Å²) in [4.78, 5) is 20.8. The number of hydrogen-bond acceptors (Lipinski definition) is 12. The van der Waals surface area contributed by atoms with E-state index < -0.39 is 50.3 Å². The number of aliphatic imine (C=N–C) groups is 1. The van der Waals surface area contributed by atoms with Crippen molar-refractivity contribution in [2.45, 2.75) is 63.6 Å². The number of benzene rings is 1. The Labute approximate surface area is 249 Å². The van der Waals surface area contributed by atoms with Crippen LogP contribution >= 0.6 is 7.75 Å². The molecule has 14 nitrogen and oxygen atoms in total. The number of aromatic nitrogens is 3. The molecule has 0 unspecified atom stereocenters. The molecule has 3 aromatic rings. The van der Waals surface area contributed by atoms with Crippen LogP contribution < -0.4 is 15.3 Å². The molecule has 15 heteroatoms. The number of para-hydroxylation sites is 1. The zero-order chi connectivity index (χ0) is 31.2. The van der Waals surface area contributed by atoms with Gasteiger partial charge in [-0.2, -0.15) is 10.2 Å². The van der Waals surface area contributed by atoms with Crippen LogP contribution in [0.15, 0.2) is 53.8 Å². The van der Waals surface area contributed by atoms with E-state index in [1.807, 2.05) is 13.8 Å². The van der Waals surface area contributed by atoms with Crippen molar-refractivity contribution < 1.29 is 38.1 Å². The maximum Gasteiger partial charge on any atom is 0.459 e. The summed E-state index contributed by atoms with van der Waals surface area (Å²) in [6, 6.07) is 10.5. The minimum atomic E-state index is -4.27. The van der Waals surface area contributed by atoms with Gasteiger partial charge in [-0.1, -0.05) is 44.9 Å². The predicted octanol–water partition coefficient (Wildman–Crippen LogP) is 2.49. The first-order valence-corrected chi connectivity index (χ1v) is 15.6. The Kier molecular flexibility index (Phi) is 10.5. The van der Waals surface area contributed by atoms with Gasteiger partial charge in [-0.3, -0.25) is 14.3 Å². The molecule has 1 fully saturated rings. The van der Waals surface area contributed by atoms with Gasteiger partial charge in [0.1, 0.15) is 41.9 Å². The summed E-state index contributed by atoms with van der Waals surface area (Å²) < 4.78 is 38.5. The molecule has 1 aliphatic rings. The second kappa shape index (κ2) is 13.9. The van der Waals surface area contributed by atoms with Gasteiger partial charge in [0.25, 0.3) is 0 Å². The second-order valence-electron chi connectivity index (χ2n) is 10.3. The van der Waals surface area contributed by atoms with Gasteiger partial charge in [0.05, 0.1) is 18.9 Å². The SMILES string of the molecule is CCC(CC)COC(=O)[C@H](C)N[P@](=O)(OC[C@H]1O[C@@](C=NC)(c2ccc3c(N)ncnn23)[C@H](O)[C@@H]1O)Oc1ccccc1. The van der Waals surface area contributed by atoms with Crippen molar-refractivity contribution in [3.8, 4) is 5.75 Å².